The SMILES string of the molecule is CNC1CCCCC1OCc1ccn(C2CCCCC2)n1. The van der Waals surface area contributed by atoms with Crippen molar-refractivity contribution in [2.75, 3.05) is 7.05 Å². The van der Waals surface area contributed by atoms with Crippen molar-refractivity contribution in [2.24, 2.45) is 0 Å². The van der Waals surface area contributed by atoms with Gasteiger partial charge in [0.15, 0.2) is 0 Å². The van der Waals surface area contributed by atoms with E-state index in [-0.39, 0.29) is 0 Å². The molecule has 2 unspecified atom stereocenters. The Hall–Kier alpha value is -0.870. The first kappa shape index (κ1) is 15.0. The highest BCUT2D eigenvalue weighted by Crippen LogP contribution is 2.27. The van der Waals surface area contributed by atoms with Gasteiger partial charge in [0.25, 0.3) is 0 Å². The Morgan fingerprint density at radius 3 is 2.71 bits per heavy atom. The molecule has 0 saturated heterocycles. The van der Waals surface area contributed by atoms with Crippen molar-refractivity contribution in [3.63, 3.8) is 0 Å². The van der Waals surface area contributed by atoms with Crippen LogP contribution in [0.3, 0.4) is 0 Å². The second-order valence-corrected chi connectivity index (χ2v) is 6.61. The molecule has 0 aliphatic heterocycles. The van der Waals surface area contributed by atoms with Gasteiger partial charge in [-0.3, -0.25) is 4.68 Å². The Bertz CT molecular complexity index is 425. The highest BCUT2D eigenvalue weighted by atomic mass is 16.5. The van der Waals surface area contributed by atoms with E-state index in [9.17, 15) is 0 Å². The number of aromatic nitrogens is 2. The number of rotatable bonds is 5. The van der Waals surface area contributed by atoms with Gasteiger partial charge >= 0.3 is 0 Å². The Labute approximate surface area is 128 Å². The van der Waals surface area contributed by atoms with Crippen molar-refractivity contribution in [1.82, 2.24) is 15.1 Å². The summed E-state index contributed by atoms with van der Waals surface area (Å²) in [5, 5.41) is 8.14. The Morgan fingerprint density at radius 2 is 1.90 bits per heavy atom. The standard InChI is InChI=1S/C17H29N3O/c1-18-16-9-5-6-10-17(16)21-13-14-11-12-20(19-14)15-7-3-2-4-8-15/h11-12,15-18H,2-10,13H2,1H3. The van der Waals surface area contributed by atoms with Crippen LogP contribution in [0.5, 0.6) is 0 Å². The van der Waals surface area contributed by atoms with Gasteiger partial charge in [-0.15, -0.1) is 0 Å². The normalized spacial score (nSPS) is 27.9. The van der Waals surface area contributed by atoms with Gasteiger partial charge in [-0.1, -0.05) is 32.1 Å². The molecule has 2 fully saturated rings. The molecule has 0 bridgehead atoms. The fourth-order valence-corrected chi connectivity index (χ4v) is 3.82. The maximum Gasteiger partial charge on any atom is 0.0911 e. The molecule has 2 atom stereocenters. The first-order valence-electron chi connectivity index (χ1n) is 8.69. The van der Waals surface area contributed by atoms with Crippen LogP contribution in [-0.4, -0.2) is 29.0 Å². The van der Waals surface area contributed by atoms with Crippen molar-refractivity contribution in [1.29, 1.82) is 0 Å². The zero-order chi connectivity index (χ0) is 14.5. The van der Waals surface area contributed by atoms with Crippen molar-refractivity contribution in [3.05, 3.63) is 18.0 Å². The van der Waals surface area contributed by atoms with Gasteiger partial charge in [0.2, 0.25) is 0 Å². The molecule has 0 aromatic carbocycles. The number of hydrogen-bond acceptors (Lipinski definition) is 3. The highest BCUT2D eigenvalue weighted by molar-refractivity contribution is 4.99. The van der Waals surface area contributed by atoms with Crippen LogP contribution in [0.1, 0.15) is 69.5 Å². The number of nitrogens with zero attached hydrogens (tertiary/aromatic N) is 2. The summed E-state index contributed by atoms with van der Waals surface area (Å²) in [6.45, 7) is 0.655. The Morgan fingerprint density at radius 1 is 1.14 bits per heavy atom. The van der Waals surface area contributed by atoms with Crippen LogP contribution in [-0.2, 0) is 11.3 Å². The Balaban J connectivity index is 1.52. The van der Waals surface area contributed by atoms with E-state index in [1.54, 1.807) is 0 Å². The summed E-state index contributed by atoms with van der Waals surface area (Å²) in [7, 11) is 2.05. The molecule has 21 heavy (non-hydrogen) atoms. The summed E-state index contributed by atoms with van der Waals surface area (Å²) in [4.78, 5) is 0. The molecule has 4 nitrogen and oxygen atoms in total. The van der Waals surface area contributed by atoms with Gasteiger partial charge in [-0.2, -0.15) is 5.10 Å². The summed E-state index contributed by atoms with van der Waals surface area (Å²) >= 11 is 0. The van der Waals surface area contributed by atoms with Gasteiger partial charge in [0, 0.05) is 12.2 Å². The van der Waals surface area contributed by atoms with E-state index < -0.39 is 0 Å². The van der Waals surface area contributed by atoms with Crippen molar-refractivity contribution >= 4 is 0 Å². The molecular weight excluding hydrogens is 262 g/mol. The molecule has 2 aliphatic carbocycles. The number of nitrogens with one attached hydrogen (secondary N) is 1. The van der Waals surface area contributed by atoms with E-state index in [4.69, 9.17) is 9.84 Å². The lowest BCUT2D eigenvalue weighted by molar-refractivity contribution is -0.00528. The van der Waals surface area contributed by atoms with E-state index in [1.807, 2.05) is 7.05 Å². The fraction of sp³-hybridized carbons (Fsp3) is 0.824. The van der Waals surface area contributed by atoms with Crippen LogP contribution in [0.25, 0.3) is 0 Å². The van der Waals surface area contributed by atoms with Crippen LogP contribution in [0.15, 0.2) is 12.3 Å². The topological polar surface area (TPSA) is 39.1 Å². The predicted molar refractivity (Wildman–Crippen MR) is 84.2 cm³/mol. The van der Waals surface area contributed by atoms with Crippen molar-refractivity contribution in [2.45, 2.75) is 82.6 Å². The average molecular weight is 291 g/mol. The molecule has 3 rings (SSSR count). The van der Waals surface area contributed by atoms with E-state index in [2.05, 4.69) is 22.3 Å². The second-order valence-electron chi connectivity index (χ2n) is 6.61. The molecule has 4 heteroatoms. The predicted octanol–water partition coefficient (Wildman–Crippen LogP) is 3.44. The molecule has 1 aromatic rings. The molecular formula is C17H29N3O. The number of ether oxygens (including phenoxy) is 1. The molecule has 0 amide bonds. The third kappa shape index (κ3) is 3.86. The second kappa shape index (κ2) is 7.41. The van der Waals surface area contributed by atoms with Crippen LogP contribution < -0.4 is 5.32 Å². The Kier molecular flexibility index (Phi) is 5.31. The van der Waals surface area contributed by atoms with E-state index >= 15 is 0 Å². The summed E-state index contributed by atoms with van der Waals surface area (Å²) in [6, 6.07) is 3.26. The van der Waals surface area contributed by atoms with Crippen molar-refractivity contribution in [3.8, 4) is 0 Å². The third-order valence-corrected chi connectivity index (χ3v) is 5.13. The quantitative estimate of drug-likeness (QED) is 0.903. The van der Waals surface area contributed by atoms with Crippen LogP contribution >= 0.6 is 0 Å². The minimum Gasteiger partial charge on any atom is -0.370 e. The minimum atomic E-state index is 0.351. The first-order valence-corrected chi connectivity index (χ1v) is 8.69. The third-order valence-electron chi connectivity index (χ3n) is 5.13. The molecule has 0 spiro atoms. The lowest BCUT2D eigenvalue weighted by Gasteiger charge is -2.31. The van der Waals surface area contributed by atoms with E-state index in [1.165, 1.54) is 57.8 Å². The van der Waals surface area contributed by atoms with Crippen LogP contribution in [0.4, 0.5) is 0 Å². The van der Waals surface area contributed by atoms with Gasteiger partial charge < -0.3 is 10.1 Å². The maximum atomic E-state index is 6.13. The fourth-order valence-electron chi connectivity index (χ4n) is 3.82. The van der Waals surface area contributed by atoms with Crippen LogP contribution in [0, 0.1) is 0 Å². The lowest BCUT2D eigenvalue weighted by atomic mass is 9.92. The zero-order valence-electron chi connectivity index (χ0n) is 13.3. The highest BCUT2D eigenvalue weighted by Gasteiger charge is 2.24. The molecule has 1 heterocycles. The smallest absolute Gasteiger partial charge is 0.0911 e. The largest absolute Gasteiger partial charge is 0.370 e. The molecule has 1 aromatic heterocycles. The zero-order valence-corrected chi connectivity index (χ0v) is 13.3. The van der Waals surface area contributed by atoms with Gasteiger partial charge in [0.05, 0.1) is 24.4 Å². The van der Waals surface area contributed by atoms with Gasteiger partial charge in [0.1, 0.15) is 0 Å². The minimum absolute atomic E-state index is 0.351. The molecule has 2 saturated carbocycles. The first-order chi connectivity index (χ1) is 10.4. The molecule has 118 valence electrons. The molecule has 2 aliphatic rings. The maximum absolute atomic E-state index is 6.13. The van der Waals surface area contributed by atoms with Gasteiger partial charge in [-0.25, -0.2) is 0 Å². The summed E-state index contributed by atoms with van der Waals surface area (Å²) in [5.41, 5.74) is 1.08. The molecule has 0 radical (unpaired) electrons. The summed E-state index contributed by atoms with van der Waals surface area (Å²) in [6.07, 6.45) is 14.2. The molecule has 1 N–H and O–H groups in total. The number of hydrogen-bond donors (Lipinski definition) is 1. The van der Waals surface area contributed by atoms with Gasteiger partial charge in [-0.05, 0) is 38.8 Å². The summed E-state index contributed by atoms with van der Waals surface area (Å²) in [5.74, 6) is 0. The average Bonchev–Trinajstić information content (AvgIpc) is 3.03. The lowest BCUT2D eigenvalue weighted by Crippen LogP contribution is -2.41. The number of likely N-dealkylation sites (N-methyl/N-ethyl adjacent to an activating group) is 1. The van der Waals surface area contributed by atoms with Crippen LogP contribution in [0.2, 0.25) is 0 Å². The monoisotopic (exact) mass is 291 g/mol. The summed E-state index contributed by atoms with van der Waals surface area (Å²) < 4.78 is 8.31. The van der Waals surface area contributed by atoms with Crippen molar-refractivity contribution < 1.29 is 4.74 Å². The van der Waals surface area contributed by atoms with E-state index in [0.717, 1.165) is 5.69 Å². The van der Waals surface area contributed by atoms with E-state index in [0.29, 0.717) is 24.8 Å².